The normalized spacial score (nSPS) is 10.4. The second kappa shape index (κ2) is 3.22. The topological polar surface area (TPSA) is 29.5 Å². The molecule has 0 unspecified atom stereocenters. The van der Waals surface area contributed by atoms with Gasteiger partial charge in [0.15, 0.2) is 0 Å². The molecule has 0 fully saturated rings. The molecule has 0 bridgehead atoms. The molecular formula is C12H12O2. The average Bonchev–Trinajstić information content (AvgIpc) is 2.23. The maximum Gasteiger partial charge on any atom is 0.119 e. The summed E-state index contributed by atoms with van der Waals surface area (Å²) in [6, 6.07) is 9.41. The SMILES string of the molecule is COc1ccc2c(C)c(O)ccc2c1. The minimum absolute atomic E-state index is 0.336. The fourth-order valence-electron chi connectivity index (χ4n) is 1.58. The van der Waals surface area contributed by atoms with Crippen LogP contribution in [0.2, 0.25) is 0 Å². The van der Waals surface area contributed by atoms with Gasteiger partial charge in [0.25, 0.3) is 0 Å². The van der Waals surface area contributed by atoms with Gasteiger partial charge in [-0.15, -0.1) is 0 Å². The lowest BCUT2D eigenvalue weighted by Gasteiger charge is -2.06. The number of phenols is 1. The van der Waals surface area contributed by atoms with Gasteiger partial charge in [-0.2, -0.15) is 0 Å². The molecule has 1 N–H and O–H groups in total. The van der Waals surface area contributed by atoms with Gasteiger partial charge in [0.1, 0.15) is 11.5 Å². The van der Waals surface area contributed by atoms with Gasteiger partial charge in [-0.1, -0.05) is 12.1 Å². The third kappa shape index (κ3) is 1.29. The first-order valence-corrected chi connectivity index (χ1v) is 4.48. The Labute approximate surface area is 82.8 Å². The molecule has 0 radical (unpaired) electrons. The molecule has 0 aliphatic heterocycles. The smallest absolute Gasteiger partial charge is 0.119 e. The lowest BCUT2D eigenvalue weighted by molar-refractivity contribution is 0.415. The largest absolute Gasteiger partial charge is 0.508 e. The lowest BCUT2D eigenvalue weighted by Crippen LogP contribution is -1.84. The van der Waals surface area contributed by atoms with Crippen molar-refractivity contribution in [2.45, 2.75) is 6.92 Å². The van der Waals surface area contributed by atoms with Crippen molar-refractivity contribution >= 4 is 10.8 Å². The minimum atomic E-state index is 0.336. The average molecular weight is 188 g/mol. The van der Waals surface area contributed by atoms with Gasteiger partial charge >= 0.3 is 0 Å². The first-order valence-electron chi connectivity index (χ1n) is 4.48. The molecule has 0 heterocycles. The molecule has 0 aliphatic rings. The highest BCUT2D eigenvalue weighted by Crippen LogP contribution is 2.28. The van der Waals surface area contributed by atoms with Crippen molar-refractivity contribution in [1.82, 2.24) is 0 Å². The minimum Gasteiger partial charge on any atom is -0.508 e. The summed E-state index contributed by atoms with van der Waals surface area (Å²) in [5.74, 6) is 1.17. The van der Waals surface area contributed by atoms with E-state index in [1.807, 2.05) is 31.2 Å². The molecular weight excluding hydrogens is 176 g/mol. The summed E-state index contributed by atoms with van der Waals surface area (Å²) < 4.78 is 5.13. The number of ether oxygens (including phenoxy) is 1. The second-order valence-corrected chi connectivity index (χ2v) is 3.30. The molecule has 0 saturated carbocycles. The molecule has 2 aromatic carbocycles. The Morgan fingerprint density at radius 3 is 2.64 bits per heavy atom. The molecule has 2 heteroatoms. The van der Waals surface area contributed by atoms with Crippen molar-refractivity contribution in [3.05, 3.63) is 35.9 Å². The molecule has 2 nitrogen and oxygen atoms in total. The molecule has 2 aromatic rings. The highest BCUT2D eigenvalue weighted by molar-refractivity contribution is 5.88. The summed E-state index contributed by atoms with van der Waals surface area (Å²) in [6.07, 6.45) is 0. The van der Waals surface area contributed by atoms with Gasteiger partial charge in [-0.25, -0.2) is 0 Å². The molecule has 0 saturated heterocycles. The van der Waals surface area contributed by atoms with E-state index in [1.54, 1.807) is 13.2 Å². The van der Waals surface area contributed by atoms with E-state index < -0.39 is 0 Å². The fourth-order valence-corrected chi connectivity index (χ4v) is 1.58. The highest BCUT2D eigenvalue weighted by atomic mass is 16.5. The lowest BCUT2D eigenvalue weighted by atomic mass is 10.0. The molecule has 14 heavy (non-hydrogen) atoms. The number of hydrogen-bond acceptors (Lipinski definition) is 2. The molecule has 72 valence electrons. The van der Waals surface area contributed by atoms with Gasteiger partial charge in [-0.05, 0) is 41.5 Å². The Hall–Kier alpha value is -1.70. The quantitative estimate of drug-likeness (QED) is 0.745. The predicted molar refractivity (Wildman–Crippen MR) is 56.9 cm³/mol. The maximum atomic E-state index is 9.51. The van der Waals surface area contributed by atoms with Crippen LogP contribution < -0.4 is 4.74 Å². The summed E-state index contributed by atoms with van der Waals surface area (Å²) in [5, 5.41) is 11.7. The van der Waals surface area contributed by atoms with Crippen LogP contribution >= 0.6 is 0 Å². The Bertz CT molecular complexity index is 475. The number of hydrogen-bond donors (Lipinski definition) is 1. The van der Waals surface area contributed by atoms with Crippen LogP contribution in [0, 0.1) is 6.92 Å². The van der Waals surface area contributed by atoms with E-state index >= 15 is 0 Å². The van der Waals surface area contributed by atoms with E-state index in [1.165, 1.54) is 0 Å². The molecule has 0 aromatic heterocycles. The van der Waals surface area contributed by atoms with Gasteiger partial charge in [-0.3, -0.25) is 0 Å². The Kier molecular flexibility index (Phi) is 2.04. The number of rotatable bonds is 1. The van der Waals surface area contributed by atoms with Crippen LogP contribution in [-0.4, -0.2) is 12.2 Å². The van der Waals surface area contributed by atoms with E-state index in [2.05, 4.69) is 0 Å². The number of phenolic OH excluding ortho intramolecular Hbond substituents is 1. The summed E-state index contributed by atoms with van der Waals surface area (Å²) in [4.78, 5) is 0. The van der Waals surface area contributed by atoms with Crippen molar-refractivity contribution in [2.75, 3.05) is 7.11 Å². The molecule has 2 rings (SSSR count). The zero-order valence-electron chi connectivity index (χ0n) is 8.24. The van der Waals surface area contributed by atoms with Crippen LogP contribution in [0.15, 0.2) is 30.3 Å². The van der Waals surface area contributed by atoms with Crippen molar-refractivity contribution in [3.63, 3.8) is 0 Å². The summed E-state index contributed by atoms with van der Waals surface area (Å²) >= 11 is 0. The van der Waals surface area contributed by atoms with Crippen molar-refractivity contribution in [1.29, 1.82) is 0 Å². The molecule has 0 atom stereocenters. The van der Waals surface area contributed by atoms with E-state index in [4.69, 9.17) is 4.74 Å². The third-order valence-corrected chi connectivity index (χ3v) is 2.47. The Morgan fingerprint density at radius 1 is 1.14 bits per heavy atom. The summed E-state index contributed by atoms with van der Waals surface area (Å²) in [6.45, 7) is 1.91. The van der Waals surface area contributed by atoms with Crippen LogP contribution in [-0.2, 0) is 0 Å². The van der Waals surface area contributed by atoms with Gasteiger partial charge < -0.3 is 9.84 Å². The Morgan fingerprint density at radius 2 is 1.93 bits per heavy atom. The monoisotopic (exact) mass is 188 g/mol. The second-order valence-electron chi connectivity index (χ2n) is 3.30. The van der Waals surface area contributed by atoms with Gasteiger partial charge in [0.05, 0.1) is 7.11 Å². The fraction of sp³-hybridized carbons (Fsp3) is 0.167. The number of fused-ring (bicyclic) bond motifs is 1. The molecule has 0 amide bonds. The van der Waals surface area contributed by atoms with Gasteiger partial charge in [0, 0.05) is 0 Å². The predicted octanol–water partition coefficient (Wildman–Crippen LogP) is 2.86. The number of aromatic hydroxyl groups is 1. The van der Waals surface area contributed by atoms with E-state index in [9.17, 15) is 5.11 Å². The van der Waals surface area contributed by atoms with Crippen LogP contribution in [0.1, 0.15) is 5.56 Å². The number of methoxy groups -OCH3 is 1. The molecule has 0 spiro atoms. The first-order chi connectivity index (χ1) is 6.72. The van der Waals surface area contributed by atoms with Crippen LogP contribution in [0.5, 0.6) is 11.5 Å². The number of aryl methyl sites for hydroxylation is 1. The summed E-state index contributed by atoms with van der Waals surface area (Å²) in [5.41, 5.74) is 0.908. The highest BCUT2D eigenvalue weighted by Gasteiger charge is 2.02. The van der Waals surface area contributed by atoms with Crippen LogP contribution in [0.3, 0.4) is 0 Å². The number of benzene rings is 2. The first kappa shape index (κ1) is 8.88. The maximum absolute atomic E-state index is 9.51. The standard InChI is InChI=1S/C12H12O2/c1-8-11-5-4-10(14-2)7-9(11)3-6-12(8)13/h3-7,13H,1-2H3. The molecule has 0 aliphatic carbocycles. The van der Waals surface area contributed by atoms with Crippen LogP contribution in [0.25, 0.3) is 10.8 Å². The van der Waals surface area contributed by atoms with E-state index in [-0.39, 0.29) is 0 Å². The van der Waals surface area contributed by atoms with Crippen molar-refractivity contribution < 1.29 is 9.84 Å². The van der Waals surface area contributed by atoms with E-state index in [0.29, 0.717) is 5.75 Å². The zero-order chi connectivity index (χ0) is 10.1. The third-order valence-electron chi connectivity index (χ3n) is 2.47. The van der Waals surface area contributed by atoms with Crippen LogP contribution in [0.4, 0.5) is 0 Å². The van der Waals surface area contributed by atoms with Crippen molar-refractivity contribution in [2.24, 2.45) is 0 Å². The Balaban J connectivity index is 2.74. The summed E-state index contributed by atoms with van der Waals surface area (Å²) in [7, 11) is 1.65. The van der Waals surface area contributed by atoms with Gasteiger partial charge in [0.2, 0.25) is 0 Å². The van der Waals surface area contributed by atoms with Crippen molar-refractivity contribution in [3.8, 4) is 11.5 Å². The van der Waals surface area contributed by atoms with E-state index in [0.717, 1.165) is 22.1 Å². The zero-order valence-corrected chi connectivity index (χ0v) is 8.24.